The predicted molar refractivity (Wildman–Crippen MR) is 117 cm³/mol. The summed E-state index contributed by atoms with van der Waals surface area (Å²) in [6.07, 6.45) is 4.67. The van der Waals surface area contributed by atoms with Gasteiger partial charge in [0.2, 0.25) is 0 Å². The van der Waals surface area contributed by atoms with E-state index in [-0.39, 0.29) is 39.3 Å². The van der Waals surface area contributed by atoms with Gasteiger partial charge >= 0.3 is 18.0 Å². The molecule has 8 N–H and O–H groups in total. The van der Waals surface area contributed by atoms with Gasteiger partial charge in [0.1, 0.15) is 0 Å². The second-order valence-corrected chi connectivity index (χ2v) is 6.59. The highest BCUT2D eigenvalue weighted by Crippen LogP contribution is 2.11. The number of carboxylic acids is 2. The largest absolute Gasteiger partial charge is 0.481 e. The van der Waals surface area contributed by atoms with Gasteiger partial charge in [-0.15, -0.1) is 0 Å². The van der Waals surface area contributed by atoms with Crippen molar-refractivity contribution in [3.8, 4) is 0 Å². The molecule has 0 fully saturated rings. The number of aliphatic hydroxyl groups is 4. The molecule has 1 unspecified atom stereocenters. The van der Waals surface area contributed by atoms with Crippen molar-refractivity contribution in [1.29, 1.82) is 0 Å². The van der Waals surface area contributed by atoms with E-state index in [0.29, 0.717) is 39.0 Å². The number of unbranched alkanes of at least 4 members (excludes halogenated alkanes) is 5. The average molecular weight is 472 g/mol. The Hall–Kier alpha value is -1.90. The summed E-state index contributed by atoms with van der Waals surface area (Å²) in [5.41, 5.74) is 0. The fourth-order valence-electron chi connectivity index (χ4n) is 2.21. The molecule has 0 aliphatic rings. The maximum Gasteiger partial charge on any atom is 0.379 e. The lowest BCUT2D eigenvalue weighted by Crippen LogP contribution is -2.28. The van der Waals surface area contributed by atoms with E-state index in [2.05, 4.69) is 10.6 Å². The zero-order valence-corrected chi connectivity index (χ0v) is 18.7. The molecule has 0 heterocycles. The Labute approximate surface area is 188 Å². The van der Waals surface area contributed by atoms with Crippen molar-refractivity contribution in [2.75, 3.05) is 52.6 Å². The summed E-state index contributed by atoms with van der Waals surface area (Å²) in [6, 6.07) is -1.50. The minimum atomic E-state index is -1.50. The third-order valence-corrected chi connectivity index (χ3v) is 3.81. The van der Waals surface area contributed by atoms with E-state index in [4.69, 9.17) is 30.6 Å². The SMILES string of the molecule is O=C(O)CCCCCCCCC(C(=O)O)[N+](=O)[O-].OCCNCCO.OCCNCCO. The summed E-state index contributed by atoms with van der Waals surface area (Å²) < 4.78 is 0. The number of rotatable bonds is 19. The number of aliphatic hydroxyl groups excluding tert-OH is 4. The van der Waals surface area contributed by atoms with Gasteiger partial charge < -0.3 is 41.3 Å². The van der Waals surface area contributed by atoms with Gasteiger partial charge in [-0.3, -0.25) is 14.9 Å². The fraction of sp³-hybridized carbons (Fsp3) is 0.895. The number of aliphatic carboxylic acids is 2. The fourth-order valence-corrected chi connectivity index (χ4v) is 2.21. The quantitative estimate of drug-likeness (QED) is 0.0648. The van der Waals surface area contributed by atoms with Gasteiger partial charge in [0, 0.05) is 43.9 Å². The van der Waals surface area contributed by atoms with Gasteiger partial charge in [-0.1, -0.05) is 25.7 Å². The Kier molecular flexibility index (Phi) is 31.6. The monoisotopic (exact) mass is 471 g/mol. The summed E-state index contributed by atoms with van der Waals surface area (Å²) >= 11 is 0. The Morgan fingerprint density at radius 2 is 1.09 bits per heavy atom. The van der Waals surface area contributed by atoms with Gasteiger partial charge in [-0.2, -0.15) is 0 Å². The smallest absolute Gasteiger partial charge is 0.379 e. The van der Waals surface area contributed by atoms with E-state index < -0.39 is 22.9 Å². The first-order chi connectivity index (χ1) is 15.3. The number of carboxylic acid groups (broad SMARTS) is 2. The third-order valence-electron chi connectivity index (χ3n) is 3.81. The summed E-state index contributed by atoms with van der Waals surface area (Å²) in [6.45, 7) is 2.84. The van der Waals surface area contributed by atoms with Crippen LogP contribution in [0.15, 0.2) is 0 Å². The minimum Gasteiger partial charge on any atom is -0.481 e. The zero-order chi connectivity index (χ0) is 25.0. The second-order valence-electron chi connectivity index (χ2n) is 6.59. The first kappa shape index (κ1) is 34.7. The number of carbonyl (C=O) groups is 2. The number of hydrogen-bond donors (Lipinski definition) is 8. The maximum atomic E-state index is 10.5. The van der Waals surface area contributed by atoms with E-state index in [9.17, 15) is 19.7 Å². The average Bonchev–Trinajstić information content (AvgIpc) is 2.73. The minimum absolute atomic E-state index is 0.0530. The molecule has 13 nitrogen and oxygen atoms in total. The number of nitrogens with zero attached hydrogens (tertiary/aromatic N) is 1. The molecule has 0 aromatic rings. The Morgan fingerprint density at radius 3 is 1.41 bits per heavy atom. The molecule has 0 rings (SSSR count). The van der Waals surface area contributed by atoms with Crippen LogP contribution in [-0.4, -0.2) is 106 Å². The van der Waals surface area contributed by atoms with Crippen molar-refractivity contribution < 1.29 is 45.2 Å². The molecule has 0 saturated heterocycles. The second kappa shape index (κ2) is 29.1. The Bertz CT molecular complexity index is 410. The van der Waals surface area contributed by atoms with Crippen LogP contribution >= 0.6 is 0 Å². The molecule has 192 valence electrons. The van der Waals surface area contributed by atoms with Crippen LogP contribution in [0.1, 0.15) is 51.4 Å². The van der Waals surface area contributed by atoms with Crippen LogP contribution in [0.2, 0.25) is 0 Å². The molecule has 0 aromatic carbocycles. The Morgan fingerprint density at radius 1 is 0.719 bits per heavy atom. The van der Waals surface area contributed by atoms with E-state index >= 15 is 0 Å². The van der Waals surface area contributed by atoms with Crippen LogP contribution in [0.25, 0.3) is 0 Å². The highest BCUT2D eigenvalue weighted by atomic mass is 16.6. The summed E-state index contributed by atoms with van der Waals surface area (Å²) in [5, 5.41) is 65.5. The van der Waals surface area contributed by atoms with E-state index in [0.717, 1.165) is 25.7 Å². The maximum absolute atomic E-state index is 10.5. The lowest BCUT2D eigenvalue weighted by molar-refractivity contribution is -0.511. The number of nitro groups is 1. The molecule has 0 amide bonds. The molecule has 0 aliphatic carbocycles. The van der Waals surface area contributed by atoms with Gasteiger partial charge in [0.15, 0.2) is 0 Å². The lowest BCUT2D eigenvalue weighted by Gasteiger charge is -2.04. The van der Waals surface area contributed by atoms with Crippen LogP contribution in [0.4, 0.5) is 0 Å². The molecule has 1 atom stereocenters. The highest BCUT2D eigenvalue weighted by molar-refractivity contribution is 5.71. The predicted octanol–water partition coefficient (Wildman–Crippen LogP) is -0.957. The normalized spacial score (nSPS) is 10.9. The molecule has 13 heteroatoms. The van der Waals surface area contributed by atoms with Crippen LogP contribution in [0.5, 0.6) is 0 Å². The van der Waals surface area contributed by atoms with Crippen molar-refractivity contribution >= 4 is 11.9 Å². The number of nitrogens with one attached hydrogen (secondary N) is 2. The van der Waals surface area contributed by atoms with Crippen LogP contribution in [-0.2, 0) is 9.59 Å². The molecule has 0 spiro atoms. The molecule has 0 aliphatic heterocycles. The van der Waals surface area contributed by atoms with Crippen molar-refractivity contribution in [2.24, 2.45) is 0 Å². The van der Waals surface area contributed by atoms with Crippen molar-refractivity contribution in [2.45, 2.75) is 57.4 Å². The highest BCUT2D eigenvalue weighted by Gasteiger charge is 2.27. The van der Waals surface area contributed by atoms with E-state index in [1.54, 1.807) is 0 Å². The van der Waals surface area contributed by atoms with Gasteiger partial charge in [-0.25, -0.2) is 4.79 Å². The molecular formula is C19H41N3O10. The summed E-state index contributed by atoms with van der Waals surface area (Å²) in [7, 11) is 0. The zero-order valence-electron chi connectivity index (χ0n) is 18.7. The molecule has 32 heavy (non-hydrogen) atoms. The van der Waals surface area contributed by atoms with Gasteiger partial charge in [-0.05, 0) is 12.8 Å². The van der Waals surface area contributed by atoms with Crippen LogP contribution < -0.4 is 10.6 Å². The van der Waals surface area contributed by atoms with Crippen molar-refractivity contribution in [3.05, 3.63) is 10.1 Å². The first-order valence-electron chi connectivity index (χ1n) is 10.7. The topological polar surface area (TPSA) is 223 Å². The lowest BCUT2D eigenvalue weighted by atomic mass is 10.1. The van der Waals surface area contributed by atoms with Crippen LogP contribution in [0, 0.1) is 10.1 Å². The van der Waals surface area contributed by atoms with Gasteiger partial charge in [0.25, 0.3) is 0 Å². The molecule has 0 bridgehead atoms. The van der Waals surface area contributed by atoms with Gasteiger partial charge in [0.05, 0.1) is 26.4 Å². The van der Waals surface area contributed by atoms with E-state index in [1.165, 1.54) is 0 Å². The molecule has 0 radical (unpaired) electrons. The standard InChI is InChI=1S/C11H19NO6.2C4H11NO2/c13-10(14)8-6-4-2-1-3-5-7-9(11(15)16)12(17)18;2*6-3-1-5-2-4-7/h9H,1-8H2,(H,13,14)(H,15,16);2*5-7H,1-4H2. The van der Waals surface area contributed by atoms with Crippen LogP contribution in [0.3, 0.4) is 0 Å². The summed E-state index contributed by atoms with van der Waals surface area (Å²) in [5.74, 6) is -2.19. The molecule has 0 aromatic heterocycles. The third kappa shape index (κ3) is 32.8. The number of hydrogen-bond acceptors (Lipinski definition) is 10. The van der Waals surface area contributed by atoms with Crippen molar-refractivity contribution in [3.63, 3.8) is 0 Å². The van der Waals surface area contributed by atoms with E-state index in [1.807, 2.05) is 0 Å². The summed E-state index contributed by atoms with van der Waals surface area (Å²) in [4.78, 5) is 30.3. The first-order valence-corrected chi connectivity index (χ1v) is 10.7. The van der Waals surface area contributed by atoms with Crippen molar-refractivity contribution in [1.82, 2.24) is 10.6 Å². The molecule has 0 saturated carbocycles. The molecular weight excluding hydrogens is 430 g/mol. The Balaban J connectivity index is -0.000000491.